The number of hydrogen-bond donors (Lipinski definition) is 2. The van der Waals surface area contributed by atoms with E-state index in [0.29, 0.717) is 18.8 Å². The Hall–Kier alpha value is -4.56. The molecule has 2 unspecified atom stereocenters. The van der Waals surface area contributed by atoms with Crippen molar-refractivity contribution < 1.29 is 31.5 Å². The first-order chi connectivity index (χ1) is 29.3. The molecule has 2 atom stereocenters. The Labute approximate surface area is 393 Å². The number of allylic oxidation sites excluding steroid dienone is 2. The van der Waals surface area contributed by atoms with Gasteiger partial charge in [-0.25, -0.2) is 0 Å². The van der Waals surface area contributed by atoms with Crippen molar-refractivity contribution in [3.05, 3.63) is 188 Å². The summed E-state index contributed by atoms with van der Waals surface area (Å²) in [7, 11) is 0. The van der Waals surface area contributed by atoms with Gasteiger partial charge < -0.3 is 10.2 Å². The molecule has 0 spiro atoms. The quantitative estimate of drug-likeness (QED) is 0.175. The number of phenols is 2. The van der Waals surface area contributed by atoms with Crippen LogP contribution in [0.2, 0.25) is 0 Å². The third kappa shape index (κ3) is 10.9. The van der Waals surface area contributed by atoms with E-state index in [1.165, 1.54) is 55.6 Å². The van der Waals surface area contributed by atoms with Crippen LogP contribution in [0.1, 0.15) is 131 Å². The van der Waals surface area contributed by atoms with Crippen molar-refractivity contribution in [2.24, 2.45) is 0 Å². The normalized spacial score (nSPS) is 15.0. The minimum absolute atomic E-state index is 0. The number of fused-ring (bicyclic) bond motifs is 2. The van der Waals surface area contributed by atoms with Gasteiger partial charge in [-0.2, -0.15) is 0 Å². The van der Waals surface area contributed by atoms with Crippen molar-refractivity contribution >= 4 is 28.8 Å². The molecule has 0 aliphatic heterocycles. The van der Waals surface area contributed by atoms with Crippen LogP contribution in [0.5, 0.6) is 11.5 Å². The minimum atomic E-state index is -2.37. The predicted octanol–water partition coefficient (Wildman–Crippen LogP) is 16.5. The van der Waals surface area contributed by atoms with Gasteiger partial charge in [0.1, 0.15) is 11.5 Å². The van der Waals surface area contributed by atoms with E-state index in [-0.39, 0.29) is 23.2 Å². The zero-order chi connectivity index (χ0) is 45.1. The van der Waals surface area contributed by atoms with Gasteiger partial charge in [-0.1, -0.05) is 36.4 Å². The molecule has 63 heavy (non-hydrogen) atoms. The summed E-state index contributed by atoms with van der Waals surface area (Å²) in [5, 5.41) is 18.4. The molecule has 2 nitrogen and oxygen atoms in total. The number of aryl methyl sites for hydroxylation is 4. The number of benzene rings is 6. The van der Waals surface area contributed by atoms with Crippen molar-refractivity contribution in [1.82, 2.24) is 0 Å². The van der Waals surface area contributed by atoms with Gasteiger partial charge in [0, 0.05) is 0 Å². The summed E-state index contributed by atoms with van der Waals surface area (Å²) >= 11 is -2.37. The van der Waals surface area contributed by atoms with Crippen molar-refractivity contribution in [3.8, 4) is 33.8 Å². The standard InChI is InChI=1S/2C21H23.2C8H10O.CH2.ClH.Zr/c2*1-5-15-13-17-7-6-8-19(20(17)14-15)16-9-11-18(12-10-16)21(2,3)4;2*1-6-4-3-5-7(2)8(6)9;;;/h2*6-14H,5H2,1-4H3;2*3-5,9H,1-2H3;1H2;1H;. The van der Waals surface area contributed by atoms with E-state index < -0.39 is 21.3 Å². The maximum atomic E-state index is 9.21. The number of halogens is 1. The van der Waals surface area contributed by atoms with Crippen LogP contribution in [0.4, 0.5) is 0 Å². The van der Waals surface area contributed by atoms with E-state index in [0.717, 1.165) is 35.1 Å². The summed E-state index contributed by atoms with van der Waals surface area (Å²) < 4.78 is 6.21. The number of aromatic hydroxyl groups is 2. The second-order valence-corrected chi connectivity index (χ2v) is 25.0. The Morgan fingerprint density at radius 3 is 1.05 bits per heavy atom. The molecule has 0 amide bonds. The molecule has 0 bridgehead atoms. The van der Waals surface area contributed by atoms with Crippen molar-refractivity contribution in [2.45, 2.75) is 114 Å². The van der Waals surface area contributed by atoms with Crippen molar-refractivity contribution in [2.75, 3.05) is 0 Å². The fraction of sp³-hybridized carbons (Fsp3) is 0.305. The molecule has 0 fully saturated rings. The molecule has 6 aromatic carbocycles. The van der Waals surface area contributed by atoms with Crippen LogP contribution in [0.25, 0.3) is 34.4 Å². The molecular weight excluding hydrogens is 867 g/mol. The number of rotatable bonds is 6. The number of para-hydroxylation sites is 2. The average molecular weight is 937 g/mol. The first kappa shape index (κ1) is 49.5. The van der Waals surface area contributed by atoms with E-state index >= 15 is 0 Å². The first-order valence-corrected chi connectivity index (χ1v) is 27.0. The van der Waals surface area contributed by atoms with Gasteiger partial charge in [0.2, 0.25) is 0 Å². The number of phenolic OH excluding ortho intramolecular Hbond substituents is 2. The second-order valence-electron chi connectivity index (χ2n) is 19.3. The van der Waals surface area contributed by atoms with Gasteiger partial charge in [-0.3, -0.25) is 0 Å². The van der Waals surface area contributed by atoms with Crippen LogP contribution >= 0.6 is 12.4 Å². The van der Waals surface area contributed by atoms with Gasteiger partial charge >= 0.3 is 276 Å². The Kier molecular flexibility index (Phi) is 16.1. The third-order valence-corrected chi connectivity index (χ3v) is 19.9. The zero-order valence-corrected chi connectivity index (χ0v) is 43.1. The molecular formula is C59H69ClO2Zr. The number of hydrogen-bond acceptors (Lipinski definition) is 2. The van der Waals surface area contributed by atoms with Gasteiger partial charge in [0.25, 0.3) is 0 Å². The molecule has 2 aliphatic carbocycles. The van der Waals surface area contributed by atoms with E-state index in [1.54, 1.807) is 11.1 Å². The average Bonchev–Trinajstić information content (AvgIpc) is 3.83. The SMILES string of the molecule is Cc1cccc(C)c1O.Cc1cccc(C)c1O.Cl.[CH2]=[Zr]([CH]1C(CC)=Cc2c(-c3ccc(C(C)(C)C)cc3)cccc21)[CH]1C(CC)=Cc2c(-c3ccc(C(C)(C)C)cc3)cccc21. The van der Waals surface area contributed by atoms with Gasteiger partial charge in [0.15, 0.2) is 0 Å². The Morgan fingerprint density at radius 1 is 0.476 bits per heavy atom. The maximum absolute atomic E-state index is 9.21. The zero-order valence-electron chi connectivity index (χ0n) is 39.8. The van der Waals surface area contributed by atoms with E-state index in [2.05, 4.69) is 152 Å². The first-order valence-electron chi connectivity index (χ1n) is 22.4. The molecule has 0 aromatic heterocycles. The van der Waals surface area contributed by atoms with Gasteiger partial charge in [0.05, 0.1) is 0 Å². The van der Waals surface area contributed by atoms with Crippen LogP contribution in [-0.4, -0.2) is 14.4 Å². The molecule has 8 rings (SSSR count). The van der Waals surface area contributed by atoms with Crippen LogP contribution in [0, 0.1) is 27.7 Å². The molecule has 328 valence electrons. The topological polar surface area (TPSA) is 40.5 Å². The summed E-state index contributed by atoms with van der Waals surface area (Å²) in [4.78, 5) is 0. The summed E-state index contributed by atoms with van der Waals surface area (Å²) in [5.74, 6) is 0.829. The van der Waals surface area contributed by atoms with Crippen LogP contribution in [-0.2, 0) is 32.1 Å². The fourth-order valence-corrected chi connectivity index (χ4v) is 16.8. The Morgan fingerprint density at radius 2 is 0.778 bits per heavy atom. The van der Waals surface area contributed by atoms with Crippen molar-refractivity contribution in [3.63, 3.8) is 0 Å². The molecule has 2 N–H and O–H groups in total. The summed E-state index contributed by atoms with van der Waals surface area (Å²) in [6.07, 6.45) is 7.26. The molecule has 0 saturated carbocycles. The molecule has 0 radical (unpaired) electrons. The summed E-state index contributed by atoms with van der Waals surface area (Å²) in [6, 6.07) is 44.1. The van der Waals surface area contributed by atoms with Gasteiger partial charge in [-0.05, 0) is 49.9 Å². The fourth-order valence-electron chi connectivity index (χ4n) is 9.00. The third-order valence-electron chi connectivity index (χ3n) is 12.9. The van der Waals surface area contributed by atoms with Crippen LogP contribution < -0.4 is 0 Å². The monoisotopic (exact) mass is 934 g/mol. The summed E-state index contributed by atoms with van der Waals surface area (Å²) in [5.41, 5.74) is 21.3. The molecule has 6 aromatic rings. The van der Waals surface area contributed by atoms with Gasteiger partial charge in [-0.15, -0.1) is 12.4 Å². The predicted molar refractivity (Wildman–Crippen MR) is 273 cm³/mol. The molecule has 4 heteroatoms. The molecule has 2 aliphatic rings. The Balaban J connectivity index is 0.000000325. The Bertz CT molecular complexity index is 2410. The van der Waals surface area contributed by atoms with Crippen LogP contribution in [0.15, 0.2) is 132 Å². The summed E-state index contributed by atoms with van der Waals surface area (Å²) in [6.45, 7) is 26.0. The second kappa shape index (κ2) is 20.5. The van der Waals surface area contributed by atoms with E-state index in [4.69, 9.17) is 4.21 Å². The van der Waals surface area contributed by atoms with E-state index in [9.17, 15) is 10.2 Å². The van der Waals surface area contributed by atoms with Crippen LogP contribution in [0.3, 0.4) is 0 Å². The van der Waals surface area contributed by atoms with E-state index in [1.807, 2.05) is 64.1 Å². The molecule has 0 heterocycles. The molecule has 0 saturated heterocycles. The van der Waals surface area contributed by atoms with Crippen molar-refractivity contribution in [1.29, 1.82) is 0 Å².